The van der Waals surface area contributed by atoms with Crippen molar-refractivity contribution >= 4 is 5.91 Å². The topological polar surface area (TPSA) is 29.1 Å². The zero-order valence-corrected chi connectivity index (χ0v) is 5.79. The summed E-state index contributed by atoms with van der Waals surface area (Å²) in [6.07, 6.45) is -0.596. The van der Waals surface area contributed by atoms with E-state index in [4.69, 9.17) is 0 Å². The number of halogens is 2. The van der Waals surface area contributed by atoms with Crippen molar-refractivity contribution in [2.24, 2.45) is 0 Å². The second-order valence-corrected chi connectivity index (χ2v) is 2.17. The second-order valence-electron chi connectivity index (χ2n) is 2.17. The van der Waals surface area contributed by atoms with E-state index in [0.29, 0.717) is 0 Å². The molecule has 1 amide bonds. The number of nitrogens with one attached hydrogen (secondary N) is 1. The summed E-state index contributed by atoms with van der Waals surface area (Å²) < 4.78 is 24.0. The summed E-state index contributed by atoms with van der Waals surface area (Å²) in [5, 5.41) is 2.02. The minimum absolute atomic E-state index is 0.174. The molecule has 0 bridgehead atoms. The average molecular weight is 150 g/mol. The Bertz CT molecular complexity index is 119. The van der Waals surface area contributed by atoms with Gasteiger partial charge in [-0.05, 0) is 6.92 Å². The predicted octanol–water partition coefficient (Wildman–Crippen LogP) is 1.33. The Kier molecular flexibility index (Phi) is 3.25. The molecule has 0 aromatic carbocycles. The van der Waals surface area contributed by atoms with E-state index in [-0.39, 0.29) is 6.42 Å². The molecule has 0 fully saturated rings. The van der Waals surface area contributed by atoms with E-state index in [2.05, 4.69) is 7.05 Å². The highest BCUT2D eigenvalue weighted by molar-refractivity contribution is 5.75. The van der Waals surface area contributed by atoms with Crippen molar-refractivity contribution in [1.82, 2.24) is 5.32 Å². The van der Waals surface area contributed by atoms with Crippen molar-refractivity contribution in [2.75, 3.05) is 0 Å². The predicted molar refractivity (Wildman–Crippen MR) is 33.4 cm³/mol. The van der Waals surface area contributed by atoms with Gasteiger partial charge in [-0.1, -0.05) is 0 Å². The molecule has 10 heavy (non-hydrogen) atoms. The molecular formula is C6H10F2NO. The van der Waals surface area contributed by atoms with E-state index in [1.165, 1.54) is 0 Å². The first-order valence-corrected chi connectivity index (χ1v) is 2.89. The molecule has 0 heterocycles. The number of carbonyl (C=O) groups is 1. The van der Waals surface area contributed by atoms with E-state index in [1.807, 2.05) is 5.32 Å². The lowest BCUT2D eigenvalue weighted by Crippen LogP contribution is -2.19. The fourth-order valence-corrected chi connectivity index (χ4v) is 0.421. The summed E-state index contributed by atoms with van der Waals surface area (Å²) in [7, 11) is 3.04. The van der Waals surface area contributed by atoms with E-state index >= 15 is 0 Å². The molecule has 0 saturated heterocycles. The fraction of sp³-hybridized carbons (Fsp3) is 0.667. The SMILES string of the molecule is [CH2]NC(=O)CCC(C)(F)F. The summed E-state index contributed by atoms with van der Waals surface area (Å²) in [6, 6.07) is 0. The van der Waals surface area contributed by atoms with Crippen LogP contribution in [0.2, 0.25) is 0 Å². The molecular weight excluding hydrogens is 140 g/mol. The summed E-state index contributed by atoms with van der Waals surface area (Å²) in [4.78, 5) is 10.4. The summed E-state index contributed by atoms with van der Waals surface area (Å²) >= 11 is 0. The lowest BCUT2D eigenvalue weighted by molar-refractivity contribution is -0.122. The van der Waals surface area contributed by atoms with Crippen LogP contribution in [-0.4, -0.2) is 11.8 Å². The average Bonchev–Trinajstić information content (AvgIpc) is 1.81. The lowest BCUT2D eigenvalue weighted by Gasteiger charge is -2.07. The third-order valence-corrected chi connectivity index (χ3v) is 0.988. The normalized spacial score (nSPS) is 11.2. The number of alkyl halides is 2. The first kappa shape index (κ1) is 9.33. The van der Waals surface area contributed by atoms with E-state index in [0.717, 1.165) is 6.92 Å². The number of hydrogen-bond acceptors (Lipinski definition) is 1. The monoisotopic (exact) mass is 150 g/mol. The van der Waals surface area contributed by atoms with Crippen LogP contribution in [0, 0.1) is 7.05 Å². The maximum atomic E-state index is 12.0. The van der Waals surface area contributed by atoms with Crippen molar-refractivity contribution < 1.29 is 13.6 Å². The van der Waals surface area contributed by atoms with Crippen LogP contribution in [0.25, 0.3) is 0 Å². The molecule has 0 aliphatic rings. The van der Waals surface area contributed by atoms with Crippen LogP contribution in [0.15, 0.2) is 0 Å². The molecule has 2 nitrogen and oxygen atoms in total. The molecule has 1 radical (unpaired) electrons. The zero-order valence-electron chi connectivity index (χ0n) is 5.79. The molecule has 0 aliphatic carbocycles. The molecule has 59 valence electrons. The van der Waals surface area contributed by atoms with Gasteiger partial charge in [0.05, 0.1) is 0 Å². The lowest BCUT2D eigenvalue weighted by atomic mass is 10.2. The Labute approximate surface area is 58.6 Å². The van der Waals surface area contributed by atoms with Crippen molar-refractivity contribution in [2.45, 2.75) is 25.7 Å². The molecule has 1 N–H and O–H groups in total. The van der Waals surface area contributed by atoms with Gasteiger partial charge < -0.3 is 5.32 Å². The highest BCUT2D eigenvalue weighted by Crippen LogP contribution is 2.18. The maximum Gasteiger partial charge on any atom is 0.245 e. The largest absolute Gasteiger partial charge is 0.354 e. The van der Waals surface area contributed by atoms with E-state index < -0.39 is 18.3 Å². The second kappa shape index (κ2) is 3.49. The van der Waals surface area contributed by atoms with Crippen LogP contribution in [-0.2, 0) is 4.79 Å². The Morgan fingerprint density at radius 2 is 2.20 bits per heavy atom. The van der Waals surface area contributed by atoms with Gasteiger partial charge in [-0.3, -0.25) is 4.79 Å². The number of rotatable bonds is 3. The van der Waals surface area contributed by atoms with Gasteiger partial charge in [0, 0.05) is 19.9 Å². The molecule has 0 saturated carbocycles. The van der Waals surface area contributed by atoms with Crippen LogP contribution in [0.1, 0.15) is 19.8 Å². The quantitative estimate of drug-likeness (QED) is 0.646. The van der Waals surface area contributed by atoms with Gasteiger partial charge in [-0.15, -0.1) is 0 Å². The van der Waals surface area contributed by atoms with Gasteiger partial charge in [0.1, 0.15) is 0 Å². The molecule has 0 spiro atoms. The third kappa shape index (κ3) is 5.47. The summed E-state index contributed by atoms with van der Waals surface area (Å²) in [6.45, 7) is 0.781. The number of hydrogen-bond donors (Lipinski definition) is 1. The van der Waals surface area contributed by atoms with Crippen molar-refractivity contribution in [3.05, 3.63) is 7.05 Å². The van der Waals surface area contributed by atoms with Crippen LogP contribution >= 0.6 is 0 Å². The zero-order chi connectivity index (χ0) is 8.20. The molecule has 0 unspecified atom stereocenters. The Hall–Kier alpha value is -0.670. The Balaban J connectivity index is 3.46. The highest BCUT2D eigenvalue weighted by Gasteiger charge is 2.21. The molecule has 4 heteroatoms. The molecule has 0 rings (SSSR count). The minimum Gasteiger partial charge on any atom is -0.354 e. The van der Waals surface area contributed by atoms with Crippen molar-refractivity contribution in [1.29, 1.82) is 0 Å². The van der Waals surface area contributed by atoms with E-state index in [1.54, 1.807) is 0 Å². The third-order valence-electron chi connectivity index (χ3n) is 0.988. The van der Waals surface area contributed by atoms with Gasteiger partial charge in [-0.25, -0.2) is 8.78 Å². The van der Waals surface area contributed by atoms with Crippen molar-refractivity contribution in [3.63, 3.8) is 0 Å². The van der Waals surface area contributed by atoms with Crippen LogP contribution in [0.4, 0.5) is 8.78 Å². The molecule has 0 aliphatic heterocycles. The van der Waals surface area contributed by atoms with Crippen LogP contribution < -0.4 is 5.32 Å². The Morgan fingerprint density at radius 1 is 1.70 bits per heavy atom. The summed E-state index contributed by atoms with van der Waals surface area (Å²) in [5.41, 5.74) is 0. The number of amides is 1. The van der Waals surface area contributed by atoms with E-state index in [9.17, 15) is 13.6 Å². The van der Waals surface area contributed by atoms with Crippen LogP contribution in [0.3, 0.4) is 0 Å². The van der Waals surface area contributed by atoms with Crippen molar-refractivity contribution in [3.8, 4) is 0 Å². The van der Waals surface area contributed by atoms with Gasteiger partial charge in [0.25, 0.3) is 0 Å². The first-order chi connectivity index (χ1) is 4.45. The molecule has 0 atom stereocenters. The van der Waals surface area contributed by atoms with Gasteiger partial charge >= 0.3 is 0 Å². The smallest absolute Gasteiger partial charge is 0.245 e. The molecule has 0 aromatic heterocycles. The fourth-order valence-electron chi connectivity index (χ4n) is 0.421. The Morgan fingerprint density at radius 3 is 2.50 bits per heavy atom. The van der Waals surface area contributed by atoms with Gasteiger partial charge in [0.15, 0.2) is 0 Å². The number of carbonyl (C=O) groups excluding carboxylic acids is 1. The highest BCUT2D eigenvalue weighted by atomic mass is 19.3. The summed E-state index contributed by atoms with van der Waals surface area (Å²) in [5.74, 6) is -3.21. The van der Waals surface area contributed by atoms with Gasteiger partial charge in [0.2, 0.25) is 11.8 Å². The van der Waals surface area contributed by atoms with Crippen LogP contribution in [0.5, 0.6) is 0 Å². The standard InChI is InChI=1S/C6H10F2NO/c1-6(7,8)4-3-5(10)9-2/h2-4H2,1H3,(H,9,10). The van der Waals surface area contributed by atoms with Gasteiger partial charge in [-0.2, -0.15) is 0 Å². The molecule has 0 aromatic rings. The maximum absolute atomic E-state index is 12.0. The minimum atomic E-state index is -2.76. The first-order valence-electron chi connectivity index (χ1n) is 2.89.